The number of fused-ring (bicyclic) bond motifs is 1. The van der Waals surface area contributed by atoms with Gasteiger partial charge in [0.2, 0.25) is 0 Å². The summed E-state index contributed by atoms with van der Waals surface area (Å²) in [5, 5.41) is 0. The number of hydrogen-bond acceptors (Lipinski definition) is 2. The van der Waals surface area contributed by atoms with Gasteiger partial charge in [0.15, 0.2) is 0 Å². The average molecular weight is 231 g/mol. The minimum absolute atomic E-state index is 0.197. The summed E-state index contributed by atoms with van der Waals surface area (Å²) in [6, 6.07) is 2.87. The predicted molar refractivity (Wildman–Crippen MR) is 43.2 cm³/mol. The molecule has 0 radical (unpaired) electrons. The summed E-state index contributed by atoms with van der Waals surface area (Å²) in [4.78, 5) is 11.0. The summed E-state index contributed by atoms with van der Waals surface area (Å²) in [6.07, 6.45) is 0. The molecule has 1 heterocycles. The molecule has 12 heavy (non-hydrogen) atoms. The van der Waals surface area contributed by atoms with E-state index >= 15 is 0 Å². The first kappa shape index (κ1) is 7.73. The molecule has 0 amide bonds. The SMILES string of the molecule is O=C1OCc2ccc(F)c(Br)c21. The van der Waals surface area contributed by atoms with Crippen molar-refractivity contribution < 1.29 is 13.9 Å². The lowest BCUT2D eigenvalue weighted by Crippen LogP contribution is -1.96. The van der Waals surface area contributed by atoms with Crippen LogP contribution in [0.15, 0.2) is 16.6 Å². The van der Waals surface area contributed by atoms with E-state index in [1.165, 1.54) is 6.07 Å². The molecule has 0 atom stereocenters. The lowest BCUT2D eigenvalue weighted by molar-refractivity contribution is 0.0534. The van der Waals surface area contributed by atoms with Crippen LogP contribution in [0.3, 0.4) is 0 Å². The summed E-state index contributed by atoms with van der Waals surface area (Å²) in [5.41, 5.74) is 1.04. The maximum Gasteiger partial charge on any atom is 0.340 e. The van der Waals surface area contributed by atoms with Crippen molar-refractivity contribution in [1.82, 2.24) is 0 Å². The van der Waals surface area contributed by atoms with Crippen LogP contribution in [0.2, 0.25) is 0 Å². The fourth-order valence-corrected chi connectivity index (χ4v) is 1.70. The Labute approximate surface area is 76.5 Å². The lowest BCUT2D eigenvalue weighted by atomic mass is 10.1. The van der Waals surface area contributed by atoms with Crippen LogP contribution in [0, 0.1) is 5.82 Å². The normalized spacial score (nSPS) is 14.3. The molecule has 4 heteroatoms. The van der Waals surface area contributed by atoms with Crippen molar-refractivity contribution in [3.05, 3.63) is 33.5 Å². The first-order valence-corrected chi connectivity index (χ1v) is 4.13. The van der Waals surface area contributed by atoms with E-state index in [-0.39, 0.29) is 11.1 Å². The molecule has 0 aliphatic carbocycles. The second-order valence-electron chi connectivity index (χ2n) is 2.47. The van der Waals surface area contributed by atoms with Gasteiger partial charge in [-0.25, -0.2) is 9.18 Å². The smallest absolute Gasteiger partial charge is 0.340 e. The molecular formula is C8H4BrFO2. The molecule has 2 nitrogen and oxygen atoms in total. The standard InChI is InChI=1S/C8H4BrFO2/c9-7-5(10)2-1-4-3-12-8(11)6(4)7/h1-2H,3H2. The Morgan fingerprint density at radius 1 is 1.50 bits per heavy atom. The Balaban J connectivity index is 2.71. The topological polar surface area (TPSA) is 26.3 Å². The predicted octanol–water partition coefficient (Wildman–Crippen LogP) is 2.26. The summed E-state index contributed by atoms with van der Waals surface area (Å²) < 4.78 is 17.8. The fourth-order valence-electron chi connectivity index (χ4n) is 1.15. The maximum absolute atomic E-state index is 12.9. The van der Waals surface area contributed by atoms with Crippen LogP contribution in [0.4, 0.5) is 4.39 Å². The summed E-state index contributed by atoms with van der Waals surface area (Å²) in [7, 11) is 0. The number of halogens is 2. The average Bonchev–Trinajstić information content (AvgIpc) is 2.41. The van der Waals surface area contributed by atoms with E-state index in [0.29, 0.717) is 5.56 Å². The number of hydrogen-bond donors (Lipinski definition) is 0. The molecule has 1 aromatic rings. The minimum Gasteiger partial charge on any atom is -0.457 e. The number of rotatable bonds is 0. The summed E-state index contributed by atoms with van der Waals surface area (Å²) >= 11 is 3.00. The second kappa shape index (κ2) is 2.55. The van der Waals surface area contributed by atoms with Gasteiger partial charge >= 0.3 is 5.97 Å². The third-order valence-corrected chi connectivity index (χ3v) is 2.52. The molecule has 1 aromatic carbocycles. The summed E-state index contributed by atoms with van der Waals surface area (Å²) in [6.45, 7) is 0.243. The zero-order valence-corrected chi connectivity index (χ0v) is 7.52. The van der Waals surface area contributed by atoms with Gasteiger partial charge in [0.25, 0.3) is 0 Å². The van der Waals surface area contributed by atoms with E-state index in [4.69, 9.17) is 4.74 Å². The van der Waals surface area contributed by atoms with Gasteiger partial charge in [-0.3, -0.25) is 0 Å². The molecule has 2 rings (SSSR count). The Hall–Kier alpha value is -0.900. The van der Waals surface area contributed by atoms with Gasteiger partial charge in [-0.2, -0.15) is 0 Å². The molecule has 0 fully saturated rings. The van der Waals surface area contributed by atoms with Gasteiger partial charge in [0, 0.05) is 5.56 Å². The molecule has 0 unspecified atom stereocenters. The van der Waals surface area contributed by atoms with Gasteiger partial charge in [0.05, 0.1) is 10.0 Å². The van der Waals surface area contributed by atoms with E-state index in [1.54, 1.807) is 6.07 Å². The van der Waals surface area contributed by atoms with Gasteiger partial charge in [-0.1, -0.05) is 6.07 Å². The molecule has 0 saturated heterocycles. The van der Waals surface area contributed by atoms with Crippen molar-refractivity contribution in [1.29, 1.82) is 0 Å². The summed E-state index contributed by atoms with van der Waals surface area (Å²) in [5.74, 6) is -0.899. The molecule has 0 spiro atoms. The van der Waals surface area contributed by atoms with E-state index < -0.39 is 11.8 Å². The van der Waals surface area contributed by atoms with Crippen LogP contribution >= 0.6 is 15.9 Å². The highest BCUT2D eigenvalue weighted by Crippen LogP contribution is 2.29. The zero-order valence-electron chi connectivity index (χ0n) is 5.93. The van der Waals surface area contributed by atoms with Gasteiger partial charge < -0.3 is 4.74 Å². The highest BCUT2D eigenvalue weighted by molar-refractivity contribution is 9.10. The molecule has 0 bridgehead atoms. The highest BCUT2D eigenvalue weighted by atomic mass is 79.9. The van der Waals surface area contributed by atoms with Crippen LogP contribution in [0.25, 0.3) is 0 Å². The molecule has 0 aromatic heterocycles. The molecule has 62 valence electrons. The number of benzene rings is 1. The second-order valence-corrected chi connectivity index (χ2v) is 3.26. The molecule has 1 aliphatic rings. The van der Waals surface area contributed by atoms with Crippen LogP contribution in [0.5, 0.6) is 0 Å². The largest absolute Gasteiger partial charge is 0.457 e. The fraction of sp³-hybridized carbons (Fsp3) is 0.125. The van der Waals surface area contributed by atoms with E-state index in [1.807, 2.05) is 0 Å². The number of cyclic esters (lactones) is 1. The Kier molecular flexibility index (Phi) is 1.65. The number of carbonyl (C=O) groups is 1. The molecule has 1 aliphatic heterocycles. The third kappa shape index (κ3) is 0.948. The molecule has 0 saturated carbocycles. The number of esters is 1. The van der Waals surface area contributed by atoms with Crippen molar-refractivity contribution >= 4 is 21.9 Å². The number of ether oxygens (including phenoxy) is 1. The van der Waals surface area contributed by atoms with E-state index in [2.05, 4.69) is 15.9 Å². The molecular weight excluding hydrogens is 227 g/mol. The van der Waals surface area contributed by atoms with E-state index in [9.17, 15) is 9.18 Å². The van der Waals surface area contributed by atoms with Crippen LogP contribution in [0.1, 0.15) is 15.9 Å². The van der Waals surface area contributed by atoms with Gasteiger partial charge in [-0.15, -0.1) is 0 Å². The van der Waals surface area contributed by atoms with Crippen molar-refractivity contribution in [2.75, 3.05) is 0 Å². The quantitative estimate of drug-likeness (QED) is 0.640. The maximum atomic E-state index is 12.9. The third-order valence-electron chi connectivity index (χ3n) is 1.74. The van der Waals surface area contributed by atoms with Crippen molar-refractivity contribution in [3.63, 3.8) is 0 Å². The highest BCUT2D eigenvalue weighted by Gasteiger charge is 2.25. The van der Waals surface area contributed by atoms with E-state index in [0.717, 1.165) is 5.56 Å². The van der Waals surface area contributed by atoms with Crippen molar-refractivity contribution in [3.8, 4) is 0 Å². The van der Waals surface area contributed by atoms with Crippen LogP contribution in [-0.4, -0.2) is 5.97 Å². The Morgan fingerprint density at radius 3 is 3.00 bits per heavy atom. The molecule has 0 N–H and O–H groups in total. The monoisotopic (exact) mass is 230 g/mol. The number of carbonyl (C=O) groups excluding carboxylic acids is 1. The van der Waals surface area contributed by atoms with Crippen molar-refractivity contribution in [2.24, 2.45) is 0 Å². The first-order valence-electron chi connectivity index (χ1n) is 3.34. The van der Waals surface area contributed by atoms with Crippen molar-refractivity contribution in [2.45, 2.75) is 6.61 Å². The minimum atomic E-state index is -0.462. The zero-order chi connectivity index (χ0) is 8.72. The Morgan fingerprint density at radius 2 is 2.25 bits per heavy atom. The van der Waals surface area contributed by atoms with Gasteiger partial charge in [-0.05, 0) is 22.0 Å². The van der Waals surface area contributed by atoms with Crippen LogP contribution in [-0.2, 0) is 11.3 Å². The lowest BCUT2D eigenvalue weighted by Gasteiger charge is -1.97. The van der Waals surface area contributed by atoms with Gasteiger partial charge in [0.1, 0.15) is 12.4 Å². The first-order chi connectivity index (χ1) is 5.70. The Bertz CT molecular complexity index is 362. The van der Waals surface area contributed by atoms with Crippen LogP contribution < -0.4 is 0 Å².